The zero-order chi connectivity index (χ0) is 30.2. The molecule has 3 aliphatic heterocycles. The van der Waals surface area contributed by atoms with Crippen molar-refractivity contribution >= 4 is 28.4 Å². The maximum absolute atomic E-state index is 13.5. The van der Waals surface area contributed by atoms with E-state index in [0.717, 1.165) is 62.1 Å². The summed E-state index contributed by atoms with van der Waals surface area (Å²) in [4.78, 5) is 32.4. The van der Waals surface area contributed by atoms with Crippen LogP contribution in [0.1, 0.15) is 43.9 Å². The standard InChI is InChI=1S/C33H37FN8O2/c1-3-15-41-30(43)26-18-35-31(36-22-5-7-23(8-6-22)39-19-24-17-25(20-39)40(24)16-14-34)38-29(26)42(41)27-9-4-21-10-11-33(12-13-33)32(2,44)28(21)37-27/h3-9,18,24-25,44H,1,10-17,19-20H2,2H3,(H,35,36,38)/t24?,25?,32-/m0/s1. The minimum atomic E-state index is -1.03. The third kappa shape index (κ3) is 4.12. The number of allylic oxidation sites excluding steroid dienone is 1. The van der Waals surface area contributed by atoms with Crippen molar-refractivity contribution in [2.45, 2.75) is 63.3 Å². The number of piperidine rings is 1. The lowest BCUT2D eigenvalue weighted by atomic mass is 9.72. The molecule has 0 amide bonds. The van der Waals surface area contributed by atoms with Gasteiger partial charge in [-0.25, -0.2) is 23.7 Å². The van der Waals surface area contributed by atoms with Gasteiger partial charge in [-0.1, -0.05) is 12.1 Å². The summed E-state index contributed by atoms with van der Waals surface area (Å²) < 4.78 is 16.1. The van der Waals surface area contributed by atoms with E-state index in [1.807, 2.05) is 31.2 Å². The Hall–Kier alpha value is -4.09. The average molecular weight is 597 g/mol. The van der Waals surface area contributed by atoms with Crippen molar-refractivity contribution in [1.29, 1.82) is 0 Å². The molecule has 1 spiro atoms. The zero-order valence-corrected chi connectivity index (χ0v) is 24.9. The predicted molar refractivity (Wildman–Crippen MR) is 167 cm³/mol. The largest absolute Gasteiger partial charge is 0.383 e. The van der Waals surface area contributed by atoms with Gasteiger partial charge in [0, 0.05) is 54.7 Å². The van der Waals surface area contributed by atoms with E-state index < -0.39 is 5.60 Å². The number of pyridine rings is 1. The van der Waals surface area contributed by atoms with Crippen LogP contribution in [-0.4, -0.2) is 72.7 Å². The van der Waals surface area contributed by atoms with Crippen molar-refractivity contribution in [3.63, 3.8) is 0 Å². The predicted octanol–water partition coefficient (Wildman–Crippen LogP) is 4.07. The van der Waals surface area contributed by atoms with E-state index in [1.54, 1.807) is 21.6 Å². The Morgan fingerprint density at radius 3 is 2.59 bits per heavy atom. The van der Waals surface area contributed by atoms with E-state index in [2.05, 4.69) is 38.8 Å². The molecular weight excluding hydrogens is 559 g/mol. The average Bonchev–Trinajstić information content (AvgIpc) is 3.78. The SMILES string of the molecule is C=CCn1c(=O)c2cnc(Nc3ccc(N4CC5CC(C4)N5CCF)cc3)nc2n1-c1ccc2c(n1)[C@](C)(O)C1(CC2)CC1. The van der Waals surface area contributed by atoms with Crippen LogP contribution < -0.4 is 15.8 Å². The summed E-state index contributed by atoms with van der Waals surface area (Å²) in [5.74, 6) is 0.882. The molecule has 5 aliphatic rings. The zero-order valence-electron chi connectivity index (χ0n) is 24.9. The first kappa shape index (κ1) is 27.5. The Balaban J connectivity index is 1.10. The van der Waals surface area contributed by atoms with Crippen LogP contribution in [0.25, 0.3) is 16.9 Å². The summed E-state index contributed by atoms with van der Waals surface area (Å²) in [6, 6.07) is 12.9. The number of rotatable bonds is 8. The molecule has 9 rings (SSSR count). The van der Waals surface area contributed by atoms with Crippen LogP contribution in [0.4, 0.5) is 21.7 Å². The highest BCUT2D eigenvalue weighted by Gasteiger charge is 2.59. The van der Waals surface area contributed by atoms with Crippen LogP contribution in [0.2, 0.25) is 0 Å². The van der Waals surface area contributed by atoms with Gasteiger partial charge >= 0.3 is 0 Å². The summed E-state index contributed by atoms with van der Waals surface area (Å²) >= 11 is 0. The van der Waals surface area contributed by atoms with E-state index in [9.17, 15) is 14.3 Å². The summed E-state index contributed by atoms with van der Waals surface area (Å²) in [6.45, 7) is 8.07. The Morgan fingerprint density at radius 1 is 1.11 bits per heavy atom. The molecule has 44 heavy (non-hydrogen) atoms. The third-order valence-electron chi connectivity index (χ3n) is 10.6. The second-order valence-electron chi connectivity index (χ2n) is 13.0. The van der Waals surface area contributed by atoms with Crippen LogP contribution in [0.5, 0.6) is 0 Å². The Labute approximate surface area is 254 Å². The molecule has 10 nitrogen and oxygen atoms in total. The number of hydrogen-bond donors (Lipinski definition) is 2. The van der Waals surface area contributed by atoms with Gasteiger partial charge in [0.25, 0.3) is 5.56 Å². The van der Waals surface area contributed by atoms with E-state index in [4.69, 9.17) is 9.97 Å². The summed E-state index contributed by atoms with van der Waals surface area (Å²) in [5, 5.41) is 15.3. The normalized spacial score (nSPS) is 25.1. The maximum Gasteiger partial charge on any atom is 0.278 e. The number of alkyl halides is 1. The fourth-order valence-corrected chi connectivity index (χ4v) is 7.83. The number of anilines is 3. The molecule has 0 radical (unpaired) electrons. The molecule has 2 bridgehead atoms. The second-order valence-corrected chi connectivity index (χ2v) is 13.0. The van der Waals surface area contributed by atoms with Crippen molar-refractivity contribution in [2.24, 2.45) is 5.41 Å². The van der Waals surface area contributed by atoms with E-state index in [1.165, 1.54) is 0 Å². The first-order chi connectivity index (χ1) is 21.3. The number of piperazine rings is 1. The fraction of sp³-hybridized carbons (Fsp3) is 0.455. The van der Waals surface area contributed by atoms with Crippen LogP contribution in [0, 0.1) is 5.41 Å². The minimum absolute atomic E-state index is 0.107. The van der Waals surface area contributed by atoms with Gasteiger partial charge in [-0.3, -0.25) is 9.69 Å². The van der Waals surface area contributed by atoms with Gasteiger partial charge in [-0.15, -0.1) is 6.58 Å². The molecule has 4 fully saturated rings. The van der Waals surface area contributed by atoms with E-state index >= 15 is 0 Å². The van der Waals surface area contributed by atoms with E-state index in [-0.39, 0.29) is 24.2 Å². The van der Waals surface area contributed by atoms with Crippen LogP contribution >= 0.6 is 0 Å². The fourth-order valence-electron chi connectivity index (χ4n) is 7.83. The number of benzene rings is 1. The van der Waals surface area contributed by atoms with Crippen molar-refractivity contribution in [2.75, 3.05) is 36.5 Å². The number of aromatic nitrogens is 5. The first-order valence-electron chi connectivity index (χ1n) is 15.6. The molecule has 228 valence electrons. The molecule has 2 unspecified atom stereocenters. The molecule has 3 aromatic heterocycles. The van der Waals surface area contributed by atoms with Gasteiger partial charge in [-0.05, 0) is 74.9 Å². The van der Waals surface area contributed by atoms with Crippen LogP contribution in [-0.2, 0) is 18.6 Å². The number of aliphatic hydroxyl groups is 1. The van der Waals surface area contributed by atoms with Crippen molar-refractivity contribution in [3.05, 3.63) is 76.9 Å². The lowest BCUT2D eigenvalue weighted by Gasteiger charge is -2.56. The van der Waals surface area contributed by atoms with Crippen LogP contribution in [0.15, 0.2) is 60.0 Å². The topological polar surface area (TPSA) is 104 Å². The highest BCUT2D eigenvalue weighted by molar-refractivity contribution is 5.77. The molecular formula is C33H37FN8O2. The monoisotopic (exact) mass is 596 g/mol. The quantitative estimate of drug-likeness (QED) is 0.294. The Morgan fingerprint density at radius 2 is 1.89 bits per heavy atom. The third-order valence-corrected chi connectivity index (χ3v) is 10.6. The number of nitrogens with one attached hydrogen (secondary N) is 1. The van der Waals surface area contributed by atoms with Crippen molar-refractivity contribution in [3.8, 4) is 5.82 Å². The Bertz CT molecular complexity index is 1810. The molecule has 2 N–H and O–H groups in total. The van der Waals surface area contributed by atoms with Gasteiger partial charge in [0.05, 0.1) is 12.2 Å². The van der Waals surface area contributed by atoms with E-state index in [0.29, 0.717) is 47.1 Å². The summed E-state index contributed by atoms with van der Waals surface area (Å²) in [6.07, 6.45) is 8.22. The molecule has 6 heterocycles. The highest BCUT2D eigenvalue weighted by atomic mass is 19.1. The number of halogens is 1. The minimum Gasteiger partial charge on any atom is -0.383 e. The maximum atomic E-state index is 13.5. The molecule has 3 saturated heterocycles. The Kier molecular flexibility index (Phi) is 6.22. The lowest BCUT2D eigenvalue weighted by molar-refractivity contribution is -0.0371. The molecule has 1 aromatic carbocycles. The highest BCUT2D eigenvalue weighted by Crippen LogP contribution is 2.63. The molecule has 4 aromatic rings. The van der Waals surface area contributed by atoms with Crippen molar-refractivity contribution < 1.29 is 9.50 Å². The number of fused-ring (bicyclic) bond motifs is 4. The second kappa shape index (κ2) is 9.97. The molecule has 1 saturated carbocycles. The smallest absolute Gasteiger partial charge is 0.278 e. The van der Waals surface area contributed by atoms with Gasteiger partial charge < -0.3 is 15.3 Å². The number of nitrogens with zero attached hydrogens (tertiary/aromatic N) is 7. The van der Waals surface area contributed by atoms with Crippen LogP contribution in [0.3, 0.4) is 0 Å². The summed E-state index contributed by atoms with van der Waals surface area (Å²) in [7, 11) is 0. The first-order valence-corrected chi connectivity index (χ1v) is 15.6. The number of aryl methyl sites for hydroxylation is 1. The van der Waals surface area contributed by atoms with Gasteiger partial charge in [0.1, 0.15) is 17.7 Å². The number of hydrogen-bond acceptors (Lipinski definition) is 8. The van der Waals surface area contributed by atoms with Gasteiger partial charge in [0.15, 0.2) is 11.5 Å². The van der Waals surface area contributed by atoms with Gasteiger partial charge in [-0.2, -0.15) is 4.98 Å². The molecule has 3 atom stereocenters. The summed E-state index contributed by atoms with van der Waals surface area (Å²) in [5.41, 5.74) is 2.76. The lowest BCUT2D eigenvalue weighted by Crippen LogP contribution is -2.69. The van der Waals surface area contributed by atoms with Crippen molar-refractivity contribution in [1.82, 2.24) is 29.2 Å². The van der Waals surface area contributed by atoms with Gasteiger partial charge in [0.2, 0.25) is 5.95 Å². The molecule has 11 heteroatoms. The molecule has 2 aliphatic carbocycles.